The number of rotatable bonds is 1. The summed E-state index contributed by atoms with van der Waals surface area (Å²) in [7, 11) is 0. The summed E-state index contributed by atoms with van der Waals surface area (Å²) in [4.78, 5) is 6.37. The van der Waals surface area contributed by atoms with E-state index >= 15 is 0 Å². The lowest BCUT2D eigenvalue weighted by molar-refractivity contribution is 0.162. The Hall–Kier alpha value is -1.45. The van der Waals surface area contributed by atoms with Crippen LogP contribution in [0.25, 0.3) is 0 Å². The second-order valence-corrected chi connectivity index (χ2v) is 4.47. The highest BCUT2D eigenvalue weighted by Gasteiger charge is 2.38. The smallest absolute Gasteiger partial charge is 0.149 e. The van der Waals surface area contributed by atoms with Crippen LogP contribution in [0.3, 0.4) is 0 Å². The molecule has 1 unspecified atom stereocenters. The van der Waals surface area contributed by atoms with E-state index in [1.165, 1.54) is 19.3 Å². The van der Waals surface area contributed by atoms with Crippen LogP contribution in [-0.4, -0.2) is 16.9 Å². The fourth-order valence-electron chi connectivity index (χ4n) is 2.53. The average molecular weight is 204 g/mol. The minimum absolute atomic E-state index is 0.402. The minimum Gasteiger partial charge on any atom is -0.382 e. The average Bonchev–Trinajstić information content (AvgIpc) is 2.43. The first-order valence-electron chi connectivity index (χ1n) is 5.53. The van der Waals surface area contributed by atoms with E-state index in [-0.39, 0.29) is 0 Å². The highest BCUT2D eigenvalue weighted by Crippen LogP contribution is 2.36. The first kappa shape index (κ1) is 8.83. The van der Waals surface area contributed by atoms with Gasteiger partial charge in [-0.3, -0.25) is 0 Å². The Morgan fingerprint density at radius 1 is 1.53 bits per heavy atom. The molecule has 0 saturated heterocycles. The largest absolute Gasteiger partial charge is 0.382 e. The molecule has 1 aliphatic carbocycles. The first-order chi connectivity index (χ1) is 7.27. The maximum absolute atomic E-state index is 5.89. The lowest BCUT2D eigenvalue weighted by atomic mass is 9.82. The van der Waals surface area contributed by atoms with Gasteiger partial charge in [0.25, 0.3) is 0 Å². The lowest BCUT2D eigenvalue weighted by Gasteiger charge is -2.37. The molecule has 0 aromatic heterocycles. The fourth-order valence-corrected chi connectivity index (χ4v) is 2.53. The normalized spacial score (nSPS) is 29.8. The van der Waals surface area contributed by atoms with E-state index in [0.29, 0.717) is 12.0 Å². The molecule has 1 saturated carbocycles. The molecule has 3 rings (SSSR count). The third-order valence-electron chi connectivity index (χ3n) is 3.56. The molecule has 0 spiro atoms. The lowest BCUT2D eigenvalue weighted by Crippen LogP contribution is -2.45. The molecule has 4 nitrogen and oxygen atoms in total. The molecule has 0 aromatic rings. The number of nitrogens with zero attached hydrogens (tertiary/aromatic N) is 2. The van der Waals surface area contributed by atoms with Crippen molar-refractivity contribution in [2.45, 2.75) is 32.4 Å². The molecule has 1 atom stereocenters. The van der Waals surface area contributed by atoms with Crippen molar-refractivity contribution in [3.05, 3.63) is 23.8 Å². The third kappa shape index (κ3) is 1.17. The van der Waals surface area contributed by atoms with Crippen molar-refractivity contribution in [3.8, 4) is 0 Å². The third-order valence-corrected chi connectivity index (χ3v) is 3.56. The Bertz CT molecular complexity index is 376. The van der Waals surface area contributed by atoms with E-state index in [2.05, 4.69) is 22.1 Å². The van der Waals surface area contributed by atoms with Crippen molar-refractivity contribution in [2.75, 3.05) is 0 Å². The summed E-state index contributed by atoms with van der Waals surface area (Å²) < 4.78 is 0. The van der Waals surface area contributed by atoms with E-state index in [1.54, 1.807) is 6.20 Å². The van der Waals surface area contributed by atoms with Gasteiger partial charge in [-0.05, 0) is 25.7 Å². The van der Waals surface area contributed by atoms with Crippen LogP contribution in [0.1, 0.15) is 26.2 Å². The maximum Gasteiger partial charge on any atom is 0.149 e. The fraction of sp³-hybridized carbons (Fsp3) is 0.545. The molecule has 0 radical (unpaired) electrons. The van der Waals surface area contributed by atoms with Crippen molar-refractivity contribution >= 4 is 5.84 Å². The molecule has 1 fully saturated rings. The first-order valence-corrected chi connectivity index (χ1v) is 5.53. The molecular formula is C11H16N4. The highest BCUT2D eigenvalue weighted by atomic mass is 15.3. The number of allylic oxidation sites excluding steroid dienone is 1. The van der Waals surface area contributed by atoms with Gasteiger partial charge in [0.05, 0.1) is 0 Å². The Kier molecular flexibility index (Phi) is 1.78. The van der Waals surface area contributed by atoms with Crippen molar-refractivity contribution in [3.63, 3.8) is 0 Å². The number of hydrogen-bond acceptors (Lipinski definition) is 4. The van der Waals surface area contributed by atoms with E-state index in [4.69, 9.17) is 5.73 Å². The molecule has 15 heavy (non-hydrogen) atoms. The van der Waals surface area contributed by atoms with Gasteiger partial charge in [0, 0.05) is 18.1 Å². The molecule has 0 aromatic carbocycles. The summed E-state index contributed by atoms with van der Waals surface area (Å²) in [5.41, 5.74) is 8.11. The summed E-state index contributed by atoms with van der Waals surface area (Å²) in [5.74, 6) is 1.39. The van der Waals surface area contributed by atoms with Crippen molar-refractivity contribution in [2.24, 2.45) is 16.6 Å². The molecule has 0 bridgehead atoms. The minimum atomic E-state index is 0.402. The zero-order valence-corrected chi connectivity index (χ0v) is 8.90. The molecule has 0 amide bonds. The van der Waals surface area contributed by atoms with E-state index in [0.717, 1.165) is 17.3 Å². The highest BCUT2D eigenvalue weighted by molar-refractivity contribution is 5.98. The van der Waals surface area contributed by atoms with Crippen LogP contribution in [0.15, 0.2) is 28.8 Å². The Balaban J connectivity index is 1.90. The van der Waals surface area contributed by atoms with Crippen molar-refractivity contribution < 1.29 is 0 Å². The molecule has 2 aliphatic heterocycles. The van der Waals surface area contributed by atoms with Crippen LogP contribution in [-0.2, 0) is 0 Å². The Morgan fingerprint density at radius 3 is 3.00 bits per heavy atom. The van der Waals surface area contributed by atoms with Crippen LogP contribution < -0.4 is 11.1 Å². The number of fused-ring (bicyclic) bond motifs is 1. The van der Waals surface area contributed by atoms with Gasteiger partial charge < -0.3 is 16.0 Å². The van der Waals surface area contributed by atoms with Crippen LogP contribution in [0.4, 0.5) is 0 Å². The van der Waals surface area contributed by atoms with Gasteiger partial charge in [0.1, 0.15) is 17.7 Å². The molecule has 3 aliphatic rings. The zero-order chi connectivity index (χ0) is 10.4. The van der Waals surface area contributed by atoms with E-state index in [9.17, 15) is 0 Å². The predicted octanol–water partition coefficient (Wildman–Crippen LogP) is 1.09. The van der Waals surface area contributed by atoms with Gasteiger partial charge in [-0.1, -0.05) is 6.42 Å². The van der Waals surface area contributed by atoms with Crippen LogP contribution in [0.2, 0.25) is 0 Å². The topological polar surface area (TPSA) is 53.6 Å². The summed E-state index contributed by atoms with van der Waals surface area (Å²) >= 11 is 0. The Labute approximate surface area is 89.5 Å². The summed E-state index contributed by atoms with van der Waals surface area (Å²) in [6.45, 7) is 2.07. The summed E-state index contributed by atoms with van der Waals surface area (Å²) in [6, 6.07) is 0. The SMILES string of the molecule is CC1=C2C(N)=NC=CN2C(C2CCC2)N1. The van der Waals surface area contributed by atoms with E-state index < -0.39 is 0 Å². The van der Waals surface area contributed by atoms with E-state index in [1.807, 2.05) is 6.20 Å². The predicted molar refractivity (Wildman–Crippen MR) is 59.6 cm³/mol. The molecular weight excluding hydrogens is 188 g/mol. The number of nitrogens with one attached hydrogen (secondary N) is 1. The quantitative estimate of drug-likeness (QED) is 0.672. The number of aliphatic imine (C=N–C) groups is 1. The van der Waals surface area contributed by atoms with Gasteiger partial charge in [-0.15, -0.1) is 0 Å². The summed E-state index contributed by atoms with van der Waals surface area (Å²) in [6.07, 6.45) is 8.21. The van der Waals surface area contributed by atoms with Crippen molar-refractivity contribution in [1.82, 2.24) is 10.2 Å². The molecule has 4 heteroatoms. The van der Waals surface area contributed by atoms with Crippen LogP contribution in [0.5, 0.6) is 0 Å². The zero-order valence-electron chi connectivity index (χ0n) is 8.90. The monoisotopic (exact) mass is 204 g/mol. The van der Waals surface area contributed by atoms with Gasteiger partial charge in [-0.25, -0.2) is 4.99 Å². The summed E-state index contributed by atoms with van der Waals surface area (Å²) in [5, 5.41) is 3.52. The van der Waals surface area contributed by atoms with Gasteiger partial charge in [0.15, 0.2) is 0 Å². The number of nitrogens with two attached hydrogens (primary N) is 1. The standard InChI is InChI=1S/C11H16N4/c1-7-9-10(12)13-5-6-15(9)11(14-7)8-3-2-4-8/h5-6,8,11,14H,2-4H2,1H3,(H2,12,13). The molecule has 80 valence electrons. The second-order valence-electron chi connectivity index (χ2n) is 4.47. The maximum atomic E-state index is 5.89. The molecule has 2 heterocycles. The number of amidine groups is 1. The van der Waals surface area contributed by atoms with Crippen LogP contribution >= 0.6 is 0 Å². The van der Waals surface area contributed by atoms with Gasteiger partial charge in [-0.2, -0.15) is 0 Å². The van der Waals surface area contributed by atoms with Gasteiger partial charge >= 0.3 is 0 Å². The Morgan fingerprint density at radius 2 is 2.33 bits per heavy atom. The molecule has 3 N–H and O–H groups in total. The van der Waals surface area contributed by atoms with Gasteiger partial charge in [0.2, 0.25) is 0 Å². The van der Waals surface area contributed by atoms with Crippen LogP contribution in [0, 0.1) is 5.92 Å². The van der Waals surface area contributed by atoms with Crippen molar-refractivity contribution in [1.29, 1.82) is 0 Å². The number of hydrogen-bond donors (Lipinski definition) is 2. The second kappa shape index (κ2) is 3.02.